The average Bonchev–Trinajstić information content (AvgIpc) is 2.62. The number of aryl methyl sites for hydroxylation is 2. The van der Waals surface area contributed by atoms with Crippen molar-refractivity contribution in [3.8, 4) is 0 Å². The number of carbonyl (C=O) groups is 3. The molecule has 6 nitrogen and oxygen atoms in total. The van der Waals surface area contributed by atoms with Crippen LogP contribution in [-0.2, 0) is 11.2 Å². The second-order valence-corrected chi connectivity index (χ2v) is 6.08. The van der Waals surface area contributed by atoms with Crippen molar-refractivity contribution < 1.29 is 19.5 Å². The van der Waals surface area contributed by atoms with Gasteiger partial charge in [0.15, 0.2) is 0 Å². The molecular formula is C20H22N2O4. The molecule has 2 rings (SSSR count). The second kappa shape index (κ2) is 8.80. The highest BCUT2D eigenvalue weighted by atomic mass is 16.4. The lowest BCUT2D eigenvalue weighted by Gasteiger charge is -2.08. The summed E-state index contributed by atoms with van der Waals surface area (Å²) in [5.41, 5.74) is 3.81. The van der Waals surface area contributed by atoms with Crippen LogP contribution in [0.2, 0.25) is 0 Å². The molecule has 3 N–H and O–H groups in total. The van der Waals surface area contributed by atoms with E-state index < -0.39 is 5.97 Å². The number of hydrogen-bond donors (Lipinski definition) is 3. The van der Waals surface area contributed by atoms with Crippen molar-refractivity contribution in [2.45, 2.75) is 20.3 Å². The highest BCUT2D eigenvalue weighted by Crippen LogP contribution is 2.09. The fourth-order valence-corrected chi connectivity index (χ4v) is 2.37. The van der Waals surface area contributed by atoms with Gasteiger partial charge in [0, 0.05) is 12.1 Å². The molecule has 0 radical (unpaired) electrons. The van der Waals surface area contributed by atoms with E-state index in [9.17, 15) is 14.4 Å². The van der Waals surface area contributed by atoms with Crippen LogP contribution in [0.5, 0.6) is 0 Å². The molecule has 0 aliphatic carbocycles. The summed E-state index contributed by atoms with van der Waals surface area (Å²) in [5.74, 6) is -1.53. The van der Waals surface area contributed by atoms with E-state index in [1.165, 1.54) is 12.1 Å². The number of nitrogens with one attached hydrogen (secondary N) is 2. The van der Waals surface area contributed by atoms with E-state index in [1.807, 2.05) is 19.9 Å². The molecule has 0 aliphatic heterocycles. The molecule has 6 heteroatoms. The van der Waals surface area contributed by atoms with Gasteiger partial charge in [0.05, 0.1) is 12.1 Å². The Hall–Kier alpha value is -3.15. The fourth-order valence-electron chi connectivity index (χ4n) is 2.37. The fraction of sp³-hybridized carbons (Fsp3) is 0.250. The van der Waals surface area contributed by atoms with E-state index in [1.54, 1.807) is 24.3 Å². The Kier molecular flexibility index (Phi) is 6.49. The maximum atomic E-state index is 12.1. The van der Waals surface area contributed by atoms with Crippen LogP contribution in [-0.4, -0.2) is 36.0 Å². The minimum atomic E-state index is -0.968. The molecular weight excluding hydrogens is 332 g/mol. The van der Waals surface area contributed by atoms with Gasteiger partial charge in [-0.2, -0.15) is 0 Å². The van der Waals surface area contributed by atoms with Gasteiger partial charge >= 0.3 is 5.97 Å². The van der Waals surface area contributed by atoms with E-state index in [2.05, 4.69) is 10.6 Å². The summed E-state index contributed by atoms with van der Waals surface area (Å²) in [6.07, 6.45) is 0.580. The van der Waals surface area contributed by atoms with E-state index in [0.717, 1.165) is 16.7 Å². The first kappa shape index (κ1) is 19.2. The monoisotopic (exact) mass is 354 g/mol. The third-order valence-corrected chi connectivity index (χ3v) is 4.12. The van der Waals surface area contributed by atoms with Crippen molar-refractivity contribution in [1.29, 1.82) is 0 Å². The molecule has 0 heterocycles. The molecule has 0 saturated carbocycles. The van der Waals surface area contributed by atoms with E-state index in [4.69, 9.17) is 5.11 Å². The lowest BCUT2D eigenvalue weighted by molar-refractivity contribution is -0.120. The van der Waals surface area contributed by atoms with Gasteiger partial charge in [-0.3, -0.25) is 9.59 Å². The number of benzene rings is 2. The number of carbonyl (C=O) groups excluding carboxylic acids is 2. The smallest absolute Gasteiger partial charge is 0.335 e. The van der Waals surface area contributed by atoms with Crippen LogP contribution in [0, 0.1) is 13.8 Å². The van der Waals surface area contributed by atoms with Crippen LogP contribution in [0.1, 0.15) is 37.4 Å². The summed E-state index contributed by atoms with van der Waals surface area (Å²) in [6, 6.07) is 11.9. The van der Waals surface area contributed by atoms with Gasteiger partial charge in [-0.1, -0.05) is 18.2 Å². The topological polar surface area (TPSA) is 95.5 Å². The zero-order chi connectivity index (χ0) is 19.1. The molecule has 0 spiro atoms. The molecule has 2 amide bonds. The van der Waals surface area contributed by atoms with Gasteiger partial charge in [-0.15, -0.1) is 0 Å². The van der Waals surface area contributed by atoms with E-state index in [-0.39, 0.29) is 23.9 Å². The lowest BCUT2D eigenvalue weighted by Crippen LogP contribution is -2.37. The van der Waals surface area contributed by atoms with Crippen LogP contribution < -0.4 is 10.6 Å². The quantitative estimate of drug-likeness (QED) is 0.709. The second-order valence-electron chi connectivity index (χ2n) is 6.08. The Bertz CT molecular complexity index is 813. The van der Waals surface area contributed by atoms with Crippen molar-refractivity contribution in [3.05, 3.63) is 70.3 Å². The highest BCUT2D eigenvalue weighted by molar-refractivity contribution is 5.96. The predicted molar refractivity (Wildman–Crippen MR) is 98.4 cm³/mol. The molecule has 0 aromatic heterocycles. The summed E-state index contributed by atoms with van der Waals surface area (Å²) in [5, 5.41) is 14.2. The number of aromatic carboxylic acids is 1. The van der Waals surface area contributed by atoms with Gasteiger partial charge < -0.3 is 15.7 Å². The molecule has 2 aromatic carbocycles. The number of carboxylic acid groups (broad SMARTS) is 1. The normalized spacial score (nSPS) is 10.2. The molecule has 136 valence electrons. The maximum absolute atomic E-state index is 12.1. The van der Waals surface area contributed by atoms with Crippen LogP contribution in [0.3, 0.4) is 0 Å². The van der Waals surface area contributed by atoms with Crippen LogP contribution in [0.25, 0.3) is 0 Å². The van der Waals surface area contributed by atoms with Crippen molar-refractivity contribution in [3.63, 3.8) is 0 Å². The zero-order valence-electron chi connectivity index (χ0n) is 14.8. The zero-order valence-corrected chi connectivity index (χ0v) is 14.8. The van der Waals surface area contributed by atoms with Gasteiger partial charge in [-0.25, -0.2) is 4.79 Å². The number of hydrogen-bond acceptors (Lipinski definition) is 3. The number of amides is 2. The first-order valence-corrected chi connectivity index (χ1v) is 8.31. The maximum Gasteiger partial charge on any atom is 0.335 e. The van der Waals surface area contributed by atoms with Crippen molar-refractivity contribution in [2.24, 2.45) is 0 Å². The van der Waals surface area contributed by atoms with Crippen LogP contribution in [0.4, 0.5) is 0 Å². The van der Waals surface area contributed by atoms with Gasteiger partial charge in [0.2, 0.25) is 5.91 Å². The molecule has 0 bridgehead atoms. The molecule has 2 aromatic rings. The van der Waals surface area contributed by atoms with Gasteiger partial charge in [0.1, 0.15) is 0 Å². The Morgan fingerprint density at radius 3 is 2.15 bits per heavy atom. The highest BCUT2D eigenvalue weighted by Gasteiger charge is 2.09. The van der Waals surface area contributed by atoms with Gasteiger partial charge in [-0.05, 0) is 61.2 Å². The Balaban J connectivity index is 1.73. The minimum absolute atomic E-state index is 0.0935. The SMILES string of the molecule is Cc1ccc(C(=O)NCC(=O)NCCc2ccc(C(=O)O)cc2)cc1C. The molecule has 0 unspecified atom stereocenters. The molecule has 0 saturated heterocycles. The average molecular weight is 354 g/mol. The first-order valence-electron chi connectivity index (χ1n) is 8.31. The Morgan fingerprint density at radius 2 is 1.54 bits per heavy atom. The van der Waals surface area contributed by atoms with Crippen molar-refractivity contribution in [1.82, 2.24) is 10.6 Å². The number of carboxylic acids is 1. The Labute approximate surface area is 152 Å². The summed E-state index contributed by atoms with van der Waals surface area (Å²) in [7, 11) is 0. The van der Waals surface area contributed by atoms with E-state index in [0.29, 0.717) is 18.5 Å². The standard InChI is InChI=1S/C20H22N2O4/c1-13-3-6-17(11-14(13)2)19(24)22-12-18(23)21-10-9-15-4-7-16(8-5-15)20(25)26/h3-8,11H,9-10,12H2,1-2H3,(H,21,23)(H,22,24)(H,25,26). The van der Waals surface area contributed by atoms with Crippen LogP contribution in [0.15, 0.2) is 42.5 Å². The lowest BCUT2D eigenvalue weighted by atomic mass is 10.1. The summed E-state index contributed by atoms with van der Waals surface area (Å²) >= 11 is 0. The Morgan fingerprint density at radius 1 is 0.885 bits per heavy atom. The van der Waals surface area contributed by atoms with E-state index >= 15 is 0 Å². The van der Waals surface area contributed by atoms with Crippen LogP contribution >= 0.6 is 0 Å². The third kappa shape index (κ3) is 5.44. The predicted octanol–water partition coefficient (Wildman–Crippen LogP) is 2.09. The van der Waals surface area contributed by atoms with Crippen molar-refractivity contribution >= 4 is 17.8 Å². The van der Waals surface area contributed by atoms with Crippen molar-refractivity contribution in [2.75, 3.05) is 13.1 Å². The molecule has 0 atom stereocenters. The molecule has 0 fully saturated rings. The molecule has 0 aliphatic rings. The summed E-state index contributed by atoms with van der Waals surface area (Å²) in [4.78, 5) is 34.7. The summed E-state index contributed by atoms with van der Waals surface area (Å²) < 4.78 is 0. The first-order chi connectivity index (χ1) is 12.4. The summed E-state index contributed by atoms with van der Waals surface area (Å²) in [6.45, 7) is 4.22. The number of rotatable bonds is 7. The third-order valence-electron chi connectivity index (χ3n) is 4.12. The van der Waals surface area contributed by atoms with Gasteiger partial charge in [0.25, 0.3) is 5.91 Å². The molecule has 26 heavy (non-hydrogen) atoms. The largest absolute Gasteiger partial charge is 0.478 e. The minimum Gasteiger partial charge on any atom is -0.478 e.